The molecule has 0 amide bonds. The van der Waals surface area contributed by atoms with Gasteiger partial charge in [0.25, 0.3) is 0 Å². The van der Waals surface area contributed by atoms with Gasteiger partial charge in [0.1, 0.15) is 23.9 Å². The molecule has 3 rings (SSSR count). The lowest BCUT2D eigenvalue weighted by Crippen LogP contribution is -2.44. The van der Waals surface area contributed by atoms with Crippen molar-refractivity contribution < 1.29 is 30.7 Å². The molecule has 0 spiro atoms. The minimum atomic E-state index is -3.94. The number of methoxy groups -OCH3 is 1. The lowest BCUT2D eigenvalue weighted by molar-refractivity contribution is 0.307. The minimum absolute atomic E-state index is 0.0951. The van der Waals surface area contributed by atoms with Gasteiger partial charge in [-0.1, -0.05) is 0 Å². The van der Waals surface area contributed by atoms with Crippen molar-refractivity contribution in [2.45, 2.75) is 16.2 Å². The zero-order chi connectivity index (χ0) is 21.1. The normalized spacial score (nSPS) is 21.0. The monoisotopic (exact) mass is 443 g/mol. The van der Waals surface area contributed by atoms with Crippen LogP contribution in [-0.4, -0.2) is 59.9 Å². The Morgan fingerprint density at radius 3 is 2.28 bits per heavy atom. The minimum Gasteiger partial charge on any atom is -0.497 e. The van der Waals surface area contributed by atoms with E-state index in [0.717, 1.165) is 24.3 Å². The van der Waals surface area contributed by atoms with Crippen molar-refractivity contribution in [3.05, 3.63) is 54.3 Å². The van der Waals surface area contributed by atoms with Gasteiger partial charge in [0.15, 0.2) is 19.7 Å². The van der Waals surface area contributed by atoms with E-state index in [1.54, 1.807) is 31.4 Å². The number of hydrogen-bond donors (Lipinski definition) is 1. The molecule has 2 aromatic carbocycles. The molecule has 158 valence electrons. The van der Waals surface area contributed by atoms with Crippen LogP contribution in [0.2, 0.25) is 0 Å². The second kappa shape index (κ2) is 8.68. The summed E-state index contributed by atoms with van der Waals surface area (Å²) in [5.41, 5.74) is 0. The topological polar surface area (TPSA) is 98.8 Å². The van der Waals surface area contributed by atoms with Gasteiger partial charge in [0.2, 0.25) is 0 Å². The van der Waals surface area contributed by atoms with Crippen molar-refractivity contribution in [3.63, 3.8) is 0 Å². The third-order valence-electron chi connectivity index (χ3n) is 4.68. The molecule has 2 atom stereocenters. The van der Waals surface area contributed by atoms with E-state index < -0.39 is 42.5 Å². The average molecular weight is 444 g/mol. The fourth-order valence-electron chi connectivity index (χ4n) is 3.20. The van der Waals surface area contributed by atoms with Crippen LogP contribution in [0, 0.1) is 5.82 Å². The molecule has 0 radical (unpaired) electrons. The summed E-state index contributed by atoms with van der Waals surface area (Å²) in [6.07, 6.45) is 0. The molecule has 1 heterocycles. The molecule has 1 aliphatic heterocycles. The van der Waals surface area contributed by atoms with Gasteiger partial charge in [-0.05, 0) is 48.5 Å². The molecule has 1 saturated heterocycles. The molecule has 0 aliphatic carbocycles. The van der Waals surface area contributed by atoms with Crippen molar-refractivity contribution in [3.8, 4) is 11.5 Å². The van der Waals surface area contributed by atoms with E-state index in [-0.39, 0.29) is 23.8 Å². The lowest BCUT2D eigenvalue weighted by atomic mass is 10.2. The number of benzene rings is 2. The van der Waals surface area contributed by atoms with Crippen LogP contribution in [-0.2, 0) is 19.7 Å². The molecular formula is C19H22FNO6S2. The highest BCUT2D eigenvalue weighted by atomic mass is 32.2. The molecule has 0 saturated carbocycles. The number of hydrogen-bond acceptors (Lipinski definition) is 7. The summed E-state index contributed by atoms with van der Waals surface area (Å²) < 4.78 is 73.7. The summed E-state index contributed by atoms with van der Waals surface area (Å²) in [5.74, 6) is 0.000561. The summed E-state index contributed by atoms with van der Waals surface area (Å²) in [4.78, 5) is -0.0951. The smallest absolute Gasteiger partial charge is 0.183 e. The Bertz CT molecular complexity index is 1040. The highest BCUT2D eigenvalue weighted by Gasteiger charge is 2.45. The van der Waals surface area contributed by atoms with E-state index in [9.17, 15) is 21.2 Å². The molecule has 1 N–H and O–H groups in total. The Labute approximate surface area is 169 Å². The van der Waals surface area contributed by atoms with Crippen molar-refractivity contribution in [2.24, 2.45) is 0 Å². The molecule has 1 fully saturated rings. The van der Waals surface area contributed by atoms with Crippen molar-refractivity contribution in [2.75, 3.05) is 31.8 Å². The Kier molecular flexibility index (Phi) is 6.45. The second-order valence-electron chi connectivity index (χ2n) is 6.70. The highest BCUT2D eigenvalue weighted by molar-refractivity contribution is 7.96. The number of halogens is 1. The SMILES string of the molecule is COc1ccc(OCCN[C@H]2CS(=O)(=O)C[C@@H]2S(=O)(=O)c2ccc(F)cc2)cc1. The fraction of sp³-hybridized carbons (Fsp3) is 0.368. The van der Waals surface area contributed by atoms with E-state index in [1.807, 2.05) is 0 Å². The highest BCUT2D eigenvalue weighted by Crippen LogP contribution is 2.26. The molecule has 1 aliphatic rings. The first-order valence-corrected chi connectivity index (χ1v) is 12.3. The maximum Gasteiger partial charge on any atom is 0.183 e. The zero-order valence-corrected chi connectivity index (χ0v) is 17.4. The predicted molar refractivity (Wildman–Crippen MR) is 106 cm³/mol. The van der Waals surface area contributed by atoms with Crippen LogP contribution in [0.5, 0.6) is 11.5 Å². The van der Waals surface area contributed by atoms with E-state index in [0.29, 0.717) is 11.5 Å². The average Bonchev–Trinajstić information content (AvgIpc) is 3.01. The summed E-state index contributed by atoms with van der Waals surface area (Å²) in [7, 11) is -5.89. The van der Waals surface area contributed by atoms with Gasteiger partial charge in [0.05, 0.1) is 28.8 Å². The first-order valence-electron chi connectivity index (χ1n) is 8.91. The summed E-state index contributed by atoms with van der Waals surface area (Å²) in [5, 5.41) is 1.85. The predicted octanol–water partition coefficient (Wildman–Crippen LogP) is 1.44. The van der Waals surface area contributed by atoms with Gasteiger partial charge >= 0.3 is 0 Å². The molecule has 0 aromatic heterocycles. The fourth-order valence-corrected chi connectivity index (χ4v) is 7.91. The summed E-state index contributed by atoms with van der Waals surface area (Å²) in [6.45, 7) is 0.494. The molecule has 29 heavy (non-hydrogen) atoms. The number of rotatable bonds is 8. The summed E-state index contributed by atoms with van der Waals surface area (Å²) >= 11 is 0. The summed E-state index contributed by atoms with van der Waals surface area (Å²) in [6, 6.07) is 10.6. The molecule has 2 aromatic rings. The third-order valence-corrected chi connectivity index (χ3v) is 8.84. The van der Waals surface area contributed by atoms with Gasteiger partial charge < -0.3 is 14.8 Å². The molecule has 7 nitrogen and oxygen atoms in total. The van der Waals surface area contributed by atoms with Crippen molar-refractivity contribution >= 4 is 19.7 Å². The van der Waals surface area contributed by atoms with Crippen LogP contribution in [0.15, 0.2) is 53.4 Å². The maximum atomic E-state index is 13.1. The molecular weight excluding hydrogens is 421 g/mol. The third kappa shape index (κ3) is 5.26. The zero-order valence-electron chi connectivity index (χ0n) is 15.7. The van der Waals surface area contributed by atoms with Gasteiger partial charge in [-0.3, -0.25) is 0 Å². The quantitative estimate of drug-likeness (QED) is 0.487. The standard InChI is InChI=1S/C19H22FNO6S2/c1-26-15-4-6-16(7-5-15)27-11-10-21-18-12-28(22,23)13-19(18)29(24,25)17-8-2-14(20)3-9-17/h2-9,18-19,21H,10-13H2,1H3/t18-,19-/m0/s1. The van der Waals surface area contributed by atoms with E-state index >= 15 is 0 Å². The molecule has 0 unspecified atom stereocenters. The van der Waals surface area contributed by atoms with Crippen LogP contribution in [0.1, 0.15) is 0 Å². The number of sulfone groups is 2. The van der Waals surface area contributed by atoms with Gasteiger partial charge in [-0.2, -0.15) is 0 Å². The molecule has 10 heteroatoms. The number of ether oxygens (including phenoxy) is 2. The maximum absolute atomic E-state index is 13.1. The van der Waals surface area contributed by atoms with Crippen molar-refractivity contribution in [1.82, 2.24) is 5.32 Å². The second-order valence-corrected chi connectivity index (χ2v) is 11.0. The van der Waals surface area contributed by atoms with Crippen LogP contribution in [0.4, 0.5) is 4.39 Å². The van der Waals surface area contributed by atoms with Crippen LogP contribution in [0.3, 0.4) is 0 Å². The van der Waals surface area contributed by atoms with E-state index in [4.69, 9.17) is 9.47 Å². The van der Waals surface area contributed by atoms with E-state index in [1.165, 1.54) is 0 Å². The van der Waals surface area contributed by atoms with Gasteiger partial charge in [-0.25, -0.2) is 21.2 Å². The van der Waals surface area contributed by atoms with Crippen molar-refractivity contribution in [1.29, 1.82) is 0 Å². The Balaban J connectivity index is 1.64. The Morgan fingerprint density at radius 2 is 1.66 bits per heavy atom. The number of nitrogens with one attached hydrogen (secondary N) is 1. The largest absolute Gasteiger partial charge is 0.497 e. The Hall–Kier alpha value is -2.17. The van der Waals surface area contributed by atoms with Crippen LogP contribution in [0.25, 0.3) is 0 Å². The lowest BCUT2D eigenvalue weighted by Gasteiger charge is -2.20. The van der Waals surface area contributed by atoms with Gasteiger partial charge in [0, 0.05) is 12.6 Å². The Morgan fingerprint density at radius 1 is 1.03 bits per heavy atom. The van der Waals surface area contributed by atoms with Gasteiger partial charge in [-0.15, -0.1) is 0 Å². The molecule has 0 bridgehead atoms. The first-order chi connectivity index (χ1) is 13.7. The first kappa shape index (κ1) is 21.5. The van der Waals surface area contributed by atoms with Crippen LogP contribution >= 0.6 is 0 Å². The van der Waals surface area contributed by atoms with E-state index in [2.05, 4.69) is 5.32 Å². The van der Waals surface area contributed by atoms with Crippen LogP contribution < -0.4 is 14.8 Å².